The van der Waals surface area contributed by atoms with Crippen molar-refractivity contribution in [2.75, 3.05) is 19.0 Å². The van der Waals surface area contributed by atoms with Crippen LogP contribution in [-0.2, 0) is 4.74 Å². The van der Waals surface area contributed by atoms with Gasteiger partial charge in [-0.25, -0.2) is 9.97 Å². The Labute approximate surface area is 95.5 Å². The molecule has 1 N–H and O–H groups in total. The maximum absolute atomic E-state index is 8.59. The van der Waals surface area contributed by atoms with Crippen LogP contribution in [0.15, 0.2) is 12.4 Å². The van der Waals surface area contributed by atoms with Gasteiger partial charge < -0.3 is 10.1 Å². The van der Waals surface area contributed by atoms with Gasteiger partial charge in [-0.3, -0.25) is 0 Å². The highest BCUT2D eigenvalue weighted by Gasteiger charge is 2.07. The van der Waals surface area contributed by atoms with Gasteiger partial charge in [-0.1, -0.05) is 13.3 Å². The molecule has 0 aliphatic rings. The fourth-order valence-corrected chi connectivity index (χ4v) is 1.42. The second kappa shape index (κ2) is 6.75. The van der Waals surface area contributed by atoms with Gasteiger partial charge in [0.2, 0.25) is 0 Å². The van der Waals surface area contributed by atoms with Crippen LogP contribution in [0, 0.1) is 11.3 Å². The molecule has 0 amide bonds. The Morgan fingerprint density at radius 1 is 1.50 bits per heavy atom. The third-order valence-electron chi connectivity index (χ3n) is 2.12. The lowest BCUT2D eigenvalue weighted by atomic mass is 10.2. The minimum absolute atomic E-state index is 0.234. The number of ether oxygens (including phenoxy) is 1. The van der Waals surface area contributed by atoms with E-state index < -0.39 is 0 Å². The molecule has 1 unspecified atom stereocenters. The van der Waals surface area contributed by atoms with Crippen LogP contribution >= 0.6 is 0 Å². The van der Waals surface area contributed by atoms with Gasteiger partial charge in [0.05, 0.1) is 25.0 Å². The molecule has 0 saturated carbocycles. The van der Waals surface area contributed by atoms with Crippen LogP contribution in [0.2, 0.25) is 0 Å². The SMILES string of the molecule is CCCC(COC)Nc1cnc(C#N)cn1. The Balaban J connectivity index is 2.59. The standard InChI is InChI=1S/C11H16N4O/c1-3-4-9(8-16-2)15-11-7-13-10(5-12)6-14-11/h6-7,9H,3-4,8H2,1-2H3,(H,14,15). The summed E-state index contributed by atoms with van der Waals surface area (Å²) in [5, 5.41) is 11.8. The molecule has 5 nitrogen and oxygen atoms in total. The zero-order valence-corrected chi connectivity index (χ0v) is 9.60. The summed E-state index contributed by atoms with van der Waals surface area (Å²) < 4.78 is 5.11. The molecule has 0 aliphatic carbocycles. The summed E-state index contributed by atoms with van der Waals surface area (Å²) in [7, 11) is 1.68. The van der Waals surface area contributed by atoms with Crippen LogP contribution in [-0.4, -0.2) is 29.7 Å². The first-order chi connectivity index (χ1) is 7.80. The van der Waals surface area contributed by atoms with Gasteiger partial charge in [-0.05, 0) is 6.42 Å². The zero-order valence-electron chi connectivity index (χ0n) is 9.60. The minimum Gasteiger partial charge on any atom is -0.383 e. The van der Waals surface area contributed by atoms with E-state index in [-0.39, 0.29) is 6.04 Å². The van der Waals surface area contributed by atoms with Gasteiger partial charge in [0.15, 0.2) is 5.69 Å². The maximum atomic E-state index is 8.59. The molecule has 0 saturated heterocycles. The van der Waals surface area contributed by atoms with Crippen molar-refractivity contribution in [3.8, 4) is 6.07 Å². The molecule has 5 heteroatoms. The average molecular weight is 220 g/mol. The summed E-state index contributed by atoms with van der Waals surface area (Å²) in [6.07, 6.45) is 5.11. The van der Waals surface area contributed by atoms with Crippen molar-refractivity contribution in [3.63, 3.8) is 0 Å². The summed E-state index contributed by atoms with van der Waals surface area (Å²) in [6, 6.07) is 2.17. The van der Waals surface area contributed by atoms with E-state index in [9.17, 15) is 0 Å². The van der Waals surface area contributed by atoms with E-state index in [0.29, 0.717) is 18.1 Å². The molecular weight excluding hydrogens is 204 g/mol. The lowest BCUT2D eigenvalue weighted by Crippen LogP contribution is -2.25. The molecule has 0 spiro atoms. The highest BCUT2D eigenvalue weighted by molar-refractivity contribution is 5.34. The predicted molar refractivity (Wildman–Crippen MR) is 60.9 cm³/mol. The van der Waals surface area contributed by atoms with Gasteiger partial charge in [-0.15, -0.1) is 0 Å². The van der Waals surface area contributed by atoms with Crippen LogP contribution in [0.5, 0.6) is 0 Å². The number of anilines is 1. The van der Waals surface area contributed by atoms with Gasteiger partial charge >= 0.3 is 0 Å². The highest BCUT2D eigenvalue weighted by Crippen LogP contribution is 2.07. The Morgan fingerprint density at radius 2 is 2.31 bits per heavy atom. The second-order valence-electron chi connectivity index (χ2n) is 3.48. The Kier molecular flexibility index (Phi) is 5.23. The molecule has 0 bridgehead atoms. The van der Waals surface area contributed by atoms with Crippen LogP contribution in [0.25, 0.3) is 0 Å². The third-order valence-corrected chi connectivity index (χ3v) is 2.12. The van der Waals surface area contributed by atoms with E-state index in [2.05, 4.69) is 22.2 Å². The molecule has 1 aromatic rings. The van der Waals surface area contributed by atoms with E-state index >= 15 is 0 Å². The number of nitrogens with zero attached hydrogens (tertiary/aromatic N) is 3. The van der Waals surface area contributed by atoms with E-state index in [1.54, 1.807) is 13.3 Å². The summed E-state index contributed by atoms with van der Waals surface area (Å²) >= 11 is 0. The molecule has 1 atom stereocenters. The predicted octanol–water partition coefficient (Wildman–Crippen LogP) is 1.58. The van der Waals surface area contributed by atoms with Gasteiger partial charge in [-0.2, -0.15) is 5.26 Å². The van der Waals surface area contributed by atoms with E-state index in [0.717, 1.165) is 12.8 Å². The first kappa shape index (κ1) is 12.4. The van der Waals surface area contributed by atoms with E-state index in [4.69, 9.17) is 10.00 Å². The number of hydrogen-bond donors (Lipinski definition) is 1. The van der Waals surface area contributed by atoms with E-state index in [1.165, 1.54) is 6.20 Å². The number of rotatable bonds is 6. The smallest absolute Gasteiger partial charge is 0.158 e. The number of nitriles is 1. The molecule has 1 aromatic heterocycles. The average Bonchev–Trinajstić information content (AvgIpc) is 2.31. The normalized spacial score (nSPS) is 11.8. The van der Waals surface area contributed by atoms with Gasteiger partial charge in [0.1, 0.15) is 11.9 Å². The topological polar surface area (TPSA) is 70.8 Å². The summed E-state index contributed by atoms with van der Waals surface area (Å²) in [5.41, 5.74) is 0.323. The first-order valence-electron chi connectivity index (χ1n) is 5.27. The van der Waals surface area contributed by atoms with Crippen molar-refractivity contribution in [1.29, 1.82) is 5.26 Å². The molecule has 16 heavy (non-hydrogen) atoms. The fraction of sp³-hybridized carbons (Fsp3) is 0.545. The van der Waals surface area contributed by atoms with Crippen molar-refractivity contribution >= 4 is 5.82 Å². The molecule has 86 valence electrons. The van der Waals surface area contributed by atoms with Crippen LogP contribution < -0.4 is 5.32 Å². The Morgan fingerprint density at radius 3 is 2.81 bits per heavy atom. The largest absolute Gasteiger partial charge is 0.383 e. The number of hydrogen-bond acceptors (Lipinski definition) is 5. The van der Waals surface area contributed by atoms with Crippen LogP contribution in [0.3, 0.4) is 0 Å². The molecule has 0 fully saturated rings. The van der Waals surface area contributed by atoms with Crippen molar-refractivity contribution in [3.05, 3.63) is 18.1 Å². The number of aromatic nitrogens is 2. The highest BCUT2D eigenvalue weighted by atomic mass is 16.5. The van der Waals surface area contributed by atoms with E-state index in [1.807, 2.05) is 6.07 Å². The second-order valence-corrected chi connectivity index (χ2v) is 3.48. The van der Waals surface area contributed by atoms with Gasteiger partial charge in [0, 0.05) is 7.11 Å². The Hall–Kier alpha value is -1.67. The molecular formula is C11H16N4O. The zero-order chi connectivity index (χ0) is 11.8. The fourth-order valence-electron chi connectivity index (χ4n) is 1.42. The quantitative estimate of drug-likeness (QED) is 0.788. The first-order valence-corrected chi connectivity index (χ1v) is 5.27. The van der Waals surface area contributed by atoms with Crippen molar-refractivity contribution in [2.45, 2.75) is 25.8 Å². The lowest BCUT2D eigenvalue weighted by molar-refractivity contribution is 0.182. The molecule has 1 heterocycles. The number of nitrogens with one attached hydrogen (secondary N) is 1. The van der Waals surface area contributed by atoms with Crippen molar-refractivity contribution < 1.29 is 4.74 Å². The number of methoxy groups -OCH3 is 1. The summed E-state index contributed by atoms with van der Waals surface area (Å²) in [4.78, 5) is 8.05. The molecule has 0 aliphatic heterocycles. The third kappa shape index (κ3) is 3.83. The molecule has 0 radical (unpaired) electrons. The minimum atomic E-state index is 0.234. The summed E-state index contributed by atoms with van der Waals surface area (Å²) in [5.74, 6) is 0.675. The maximum Gasteiger partial charge on any atom is 0.158 e. The van der Waals surface area contributed by atoms with Crippen molar-refractivity contribution in [1.82, 2.24) is 9.97 Å². The van der Waals surface area contributed by atoms with Crippen LogP contribution in [0.1, 0.15) is 25.5 Å². The van der Waals surface area contributed by atoms with Gasteiger partial charge in [0.25, 0.3) is 0 Å². The molecule has 0 aromatic carbocycles. The van der Waals surface area contributed by atoms with Crippen molar-refractivity contribution in [2.24, 2.45) is 0 Å². The monoisotopic (exact) mass is 220 g/mol. The molecule has 1 rings (SSSR count). The van der Waals surface area contributed by atoms with Crippen LogP contribution in [0.4, 0.5) is 5.82 Å². The Bertz CT molecular complexity index is 338. The summed E-state index contributed by atoms with van der Waals surface area (Å²) in [6.45, 7) is 2.75. The lowest BCUT2D eigenvalue weighted by Gasteiger charge is -2.17.